The SMILES string of the molecule is CCC(N)(CC)c1noc(-c2cc(COC)on2)n1. The van der Waals surface area contributed by atoms with E-state index in [1.807, 2.05) is 13.8 Å². The number of nitrogens with two attached hydrogens (primary N) is 1. The molecule has 104 valence electrons. The van der Waals surface area contributed by atoms with Crippen LogP contribution in [-0.4, -0.2) is 22.4 Å². The lowest BCUT2D eigenvalue weighted by Crippen LogP contribution is -2.36. The minimum atomic E-state index is -0.569. The zero-order valence-corrected chi connectivity index (χ0v) is 11.3. The number of rotatable bonds is 6. The minimum Gasteiger partial charge on any atom is -0.377 e. The lowest BCUT2D eigenvalue weighted by Gasteiger charge is -2.21. The zero-order valence-electron chi connectivity index (χ0n) is 11.3. The Morgan fingerprint density at radius 1 is 1.26 bits per heavy atom. The number of hydrogen-bond acceptors (Lipinski definition) is 7. The fourth-order valence-corrected chi connectivity index (χ4v) is 1.72. The third-order valence-corrected chi connectivity index (χ3v) is 3.20. The highest BCUT2D eigenvalue weighted by Gasteiger charge is 2.29. The average Bonchev–Trinajstić information content (AvgIpc) is 3.06. The maximum atomic E-state index is 6.21. The van der Waals surface area contributed by atoms with Gasteiger partial charge in [0, 0.05) is 13.2 Å². The van der Waals surface area contributed by atoms with Crippen molar-refractivity contribution < 1.29 is 13.8 Å². The minimum absolute atomic E-state index is 0.304. The van der Waals surface area contributed by atoms with Gasteiger partial charge in [-0.25, -0.2) is 0 Å². The van der Waals surface area contributed by atoms with Gasteiger partial charge in [-0.3, -0.25) is 0 Å². The topological polar surface area (TPSA) is 100 Å². The molecule has 0 amide bonds. The molecule has 2 heterocycles. The Kier molecular flexibility index (Phi) is 3.96. The van der Waals surface area contributed by atoms with E-state index < -0.39 is 5.54 Å². The van der Waals surface area contributed by atoms with Gasteiger partial charge in [-0.15, -0.1) is 0 Å². The molecule has 0 spiro atoms. The molecule has 2 aromatic rings. The molecular formula is C12H18N4O3. The van der Waals surface area contributed by atoms with Crippen molar-refractivity contribution in [1.82, 2.24) is 15.3 Å². The van der Waals surface area contributed by atoms with Gasteiger partial charge in [0.1, 0.15) is 6.61 Å². The van der Waals surface area contributed by atoms with Gasteiger partial charge >= 0.3 is 0 Å². The predicted molar refractivity (Wildman–Crippen MR) is 67.0 cm³/mol. The third kappa shape index (κ3) is 2.66. The fraction of sp³-hybridized carbons (Fsp3) is 0.583. The van der Waals surface area contributed by atoms with Crippen LogP contribution in [0.2, 0.25) is 0 Å². The Morgan fingerprint density at radius 3 is 2.63 bits per heavy atom. The molecule has 2 aromatic heterocycles. The van der Waals surface area contributed by atoms with Crippen LogP contribution >= 0.6 is 0 Å². The van der Waals surface area contributed by atoms with Crippen molar-refractivity contribution >= 4 is 0 Å². The van der Waals surface area contributed by atoms with Gasteiger partial charge < -0.3 is 19.5 Å². The number of methoxy groups -OCH3 is 1. The quantitative estimate of drug-likeness (QED) is 0.851. The first-order chi connectivity index (χ1) is 9.12. The molecule has 0 aliphatic rings. The van der Waals surface area contributed by atoms with Gasteiger partial charge in [-0.05, 0) is 12.8 Å². The second-order valence-corrected chi connectivity index (χ2v) is 4.40. The number of nitrogens with zero attached hydrogens (tertiary/aromatic N) is 3. The van der Waals surface area contributed by atoms with Gasteiger partial charge in [0.25, 0.3) is 5.89 Å². The smallest absolute Gasteiger partial charge is 0.280 e. The average molecular weight is 266 g/mol. The Balaban J connectivity index is 2.24. The molecule has 2 N–H and O–H groups in total. The number of ether oxygens (including phenoxy) is 1. The Hall–Kier alpha value is -1.73. The molecule has 0 saturated heterocycles. The van der Waals surface area contributed by atoms with E-state index in [0.29, 0.717) is 29.8 Å². The van der Waals surface area contributed by atoms with Crippen LogP contribution in [0.1, 0.15) is 38.3 Å². The van der Waals surface area contributed by atoms with Gasteiger partial charge in [0.05, 0.1) is 5.54 Å². The van der Waals surface area contributed by atoms with E-state index in [1.54, 1.807) is 13.2 Å². The lowest BCUT2D eigenvalue weighted by molar-refractivity contribution is 0.156. The zero-order chi connectivity index (χ0) is 13.9. The fourth-order valence-electron chi connectivity index (χ4n) is 1.72. The van der Waals surface area contributed by atoms with E-state index in [9.17, 15) is 0 Å². The summed E-state index contributed by atoms with van der Waals surface area (Å²) in [4.78, 5) is 4.30. The van der Waals surface area contributed by atoms with Crippen molar-refractivity contribution in [2.75, 3.05) is 7.11 Å². The Bertz CT molecular complexity index is 531. The highest BCUT2D eigenvalue weighted by molar-refractivity contribution is 5.45. The number of aromatic nitrogens is 3. The monoisotopic (exact) mass is 266 g/mol. The third-order valence-electron chi connectivity index (χ3n) is 3.20. The first kappa shape index (κ1) is 13.7. The van der Waals surface area contributed by atoms with Crippen molar-refractivity contribution in [1.29, 1.82) is 0 Å². The largest absolute Gasteiger partial charge is 0.377 e. The molecule has 0 aliphatic carbocycles. The molecule has 0 radical (unpaired) electrons. The maximum absolute atomic E-state index is 6.21. The summed E-state index contributed by atoms with van der Waals surface area (Å²) in [6.45, 7) is 4.33. The van der Waals surface area contributed by atoms with Crippen molar-refractivity contribution in [3.8, 4) is 11.6 Å². The summed E-state index contributed by atoms with van der Waals surface area (Å²) in [5.74, 6) is 1.39. The van der Waals surface area contributed by atoms with Crippen molar-refractivity contribution in [3.63, 3.8) is 0 Å². The Morgan fingerprint density at radius 2 is 2.00 bits per heavy atom. The van der Waals surface area contributed by atoms with Crippen LogP contribution in [0.25, 0.3) is 11.6 Å². The second kappa shape index (κ2) is 5.50. The highest BCUT2D eigenvalue weighted by Crippen LogP contribution is 2.25. The summed E-state index contributed by atoms with van der Waals surface area (Å²) in [7, 11) is 1.58. The molecule has 0 saturated carbocycles. The van der Waals surface area contributed by atoms with E-state index in [1.165, 1.54) is 0 Å². The van der Waals surface area contributed by atoms with Crippen LogP contribution in [0.3, 0.4) is 0 Å². The second-order valence-electron chi connectivity index (χ2n) is 4.40. The highest BCUT2D eigenvalue weighted by atomic mass is 16.5. The van der Waals surface area contributed by atoms with Crippen LogP contribution in [-0.2, 0) is 16.9 Å². The normalized spacial score (nSPS) is 12.0. The van der Waals surface area contributed by atoms with Crippen molar-refractivity contribution in [2.24, 2.45) is 5.73 Å². The molecule has 0 unspecified atom stereocenters. The summed E-state index contributed by atoms with van der Waals surface area (Å²) in [6, 6.07) is 1.71. The molecule has 0 atom stereocenters. The molecule has 0 aromatic carbocycles. The van der Waals surface area contributed by atoms with E-state index in [2.05, 4.69) is 15.3 Å². The van der Waals surface area contributed by atoms with Gasteiger partial charge in [-0.2, -0.15) is 4.98 Å². The van der Waals surface area contributed by atoms with Crippen LogP contribution in [0.4, 0.5) is 0 Å². The molecular weight excluding hydrogens is 248 g/mol. The van der Waals surface area contributed by atoms with Crippen LogP contribution in [0.15, 0.2) is 15.1 Å². The summed E-state index contributed by atoms with van der Waals surface area (Å²) in [5.41, 5.74) is 6.13. The lowest BCUT2D eigenvalue weighted by atomic mass is 9.93. The van der Waals surface area contributed by atoms with E-state index >= 15 is 0 Å². The summed E-state index contributed by atoms with van der Waals surface area (Å²) >= 11 is 0. The van der Waals surface area contributed by atoms with E-state index in [4.69, 9.17) is 19.5 Å². The van der Waals surface area contributed by atoms with Gasteiger partial charge in [0.15, 0.2) is 17.3 Å². The summed E-state index contributed by atoms with van der Waals surface area (Å²) in [6.07, 6.45) is 1.46. The van der Waals surface area contributed by atoms with Gasteiger partial charge in [0.2, 0.25) is 0 Å². The molecule has 7 nitrogen and oxygen atoms in total. The van der Waals surface area contributed by atoms with E-state index in [-0.39, 0.29) is 0 Å². The van der Waals surface area contributed by atoms with Crippen LogP contribution < -0.4 is 5.73 Å². The molecule has 0 aliphatic heterocycles. The summed E-state index contributed by atoms with van der Waals surface area (Å²) < 4.78 is 15.2. The Labute approximate surface area is 111 Å². The molecule has 19 heavy (non-hydrogen) atoms. The molecule has 7 heteroatoms. The maximum Gasteiger partial charge on any atom is 0.280 e. The number of hydrogen-bond donors (Lipinski definition) is 1. The van der Waals surface area contributed by atoms with E-state index in [0.717, 1.165) is 12.8 Å². The van der Waals surface area contributed by atoms with Gasteiger partial charge in [-0.1, -0.05) is 24.2 Å². The molecule has 2 rings (SSSR count). The standard InChI is InChI=1S/C12H18N4O3/c1-4-12(13,5-2)11-14-10(19-16-11)9-6-8(7-17-3)18-15-9/h6H,4-5,7,13H2,1-3H3. The molecule has 0 bridgehead atoms. The first-order valence-electron chi connectivity index (χ1n) is 6.21. The van der Waals surface area contributed by atoms with Crippen LogP contribution in [0, 0.1) is 0 Å². The first-order valence-corrected chi connectivity index (χ1v) is 6.21. The molecule has 0 fully saturated rings. The van der Waals surface area contributed by atoms with Crippen molar-refractivity contribution in [2.45, 2.75) is 38.8 Å². The predicted octanol–water partition coefficient (Wildman–Crippen LogP) is 1.85. The van der Waals surface area contributed by atoms with Crippen LogP contribution in [0.5, 0.6) is 0 Å². The van der Waals surface area contributed by atoms with Crippen molar-refractivity contribution in [3.05, 3.63) is 17.7 Å². The summed E-state index contributed by atoms with van der Waals surface area (Å²) in [5, 5.41) is 7.80.